The lowest BCUT2D eigenvalue weighted by molar-refractivity contribution is -0.239. The number of fused-ring (bicyclic) bond motifs is 6. The zero-order valence-corrected chi connectivity index (χ0v) is 17.0. The molecule has 0 bridgehead atoms. The van der Waals surface area contributed by atoms with Crippen LogP contribution in [0, 0.1) is 28.6 Å². The number of ketones is 1. The summed E-state index contributed by atoms with van der Waals surface area (Å²) in [6.45, 7) is 7.30. The minimum Gasteiger partial charge on any atom is -0.458 e. The highest BCUT2D eigenvalue weighted by molar-refractivity contribution is 5.95. The number of esters is 1. The molecular weight excluding hydrogens is 356 g/mol. The number of carbonyl (C=O) groups is 2. The Morgan fingerprint density at radius 2 is 1.86 bits per heavy atom. The van der Waals surface area contributed by atoms with E-state index < -0.39 is 5.79 Å². The van der Waals surface area contributed by atoms with Crippen LogP contribution in [0.3, 0.4) is 0 Å². The molecule has 0 aromatic heterocycles. The van der Waals surface area contributed by atoms with Crippen molar-refractivity contribution in [1.82, 2.24) is 0 Å². The third-order valence-electron chi connectivity index (χ3n) is 8.57. The van der Waals surface area contributed by atoms with Crippen molar-refractivity contribution < 1.29 is 23.8 Å². The standard InChI is InChI=1S/C23H30O5/c1-14(24)28-16-4-7-21(2)15(12-16)13-19(25)20-17(21)5-8-22(3)18(20)6-9-23(22)26-10-11-27-23/h4,7,13,16-18,20H,5-6,8-12H2,1-3H3/t16?,17?,18?,20?,21-,22-/m0/s1. The van der Waals surface area contributed by atoms with Crippen molar-refractivity contribution in [2.75, 3.05) is 13.2 Å². The molecule has 0 aromatic carbocycles. The maximum absolute atomic E-state index is 13.4. The lowest BCUT2D eigenvalue weighted by atomic mass is 9.48. The second-order valence-corrected chi connectivity index (χ2v) is 9.75. The highest BCUT2D eigenvalue weighted by Crippen LogP contribution is 2.67. The number of hydrogen-bond acceptors (Lipinski definition) is 5. The number of rotatable bonds is 1. The van der Waals surface area contributed by atoms with Crippen LogP contribution in [0.15, 0.2) is 23.8 Å². The monoisotopic (exact) mass is 386 g/mol. The molecule has 0 amide bonds. The van der Waals surface area contributed by atoms with Crippen molar-refractivity contribution >= 4 is 11.8 Å². The van der Waals surface area contributed by atoms with Gasteiger partial charge in [0.1, 0.15) is 6.10 Å². The molecule has 1 aliphatic heterocycles. The molecule has 28 heavy (non-hydrogen) atoms. The van der Waals surface area contributed by atoms with Gasteiger partial charge >= 0.3 is 5.97 Å². The first-order valence-corrected chi connectivity index (χ1v) is 10.7. The van der Waals surface area contributed by atoms with Gasteiger partial charge < -0.3 is 14.2 Å². The fourth-order valence-corrected chi connectivity index (χ4v) is 7.15. The number of hydrogen-bond donors (Lipinski definition) is 0. The van der Waals surface area contributed by atoms with Crippen LogP contribution in [-0.2, 0) is 23.8 Å². The Labute approximate surface area is 166 Å². The lowest BCUT2D eigenvalue weighted by Gasteiger charge is -2.56. The molecule has 5 aliphatic rings. The molecule has 1 heterocycles. The SMILES string of the molecule is CC(=O)OC1C=C[C@@]2(C)C(=CC(=O)C3C2CC[C@@]2(C)C3CCC23OCCO3)C1. The average Bonchev–Trinajstić information content (AvgIpc) is 3.23. The first-order chi connectivity index (χ1) is 13.3. The topological polar surface area (TPSA) is 61.8 Å². The summed E-state index contributed by atoms with van der Waals surface area (Å²) in [5.41, 5.74) is 0.891. The van der Waals surface area contributed by atoms with Crippen LogP contribution >= 0.6 is 0 Å². The Bertz CT molecular complexity index is 776. The van der Waals surface area contributed by atoms with E-state index in [4.69, 9.17) is 14.2 Å². The second kappa shape index (κ2) is 6.02. The second-order valence-electron chi connectivity index (χ2n) is 9.75. The lowest BCUT2D eigenvalue weighted by Crippen LogP contribution is -2.56. The maximum atomic E-state index is 13.4. The van der Waals surface area contributed by atoms with E-state index >= 15 is 0 Å². The Morgan fingerprint density at radius 1 is 1.14 bits per heavy atom. The van der Waals surface area contributed by atoms with Crippen LogP contribution in [0.5, 0.6) is 0 Å². The minimum atomic E-state index is -0.489. The summed E-state index contributed by atoms with van der Waals surface area (Å²) in [6, 6.07) is 0. The van der Waals surface area contributed by atoms with E-state index in [-0.39, 0.29) is 34.6 Å². The minimum absolute atomic E-state index is 0.0228. The van der Waals surface area contributed by atoms with Crippen LogP contribution in [0.2, 0.25) is 0 Å². The molecule has 2 saturated carbocycles. The van der Waals surface area contributed by atoms with E-state index in [1.807, 2.05) is 12.2 Å². The van der Waals surface area contributed by atoms with Crippen molar-refractivity contribution in [3.63, 3.8) is 0 Å². The summed E-state index contributed by atoms with van der Waals surface area (Å²) >= 11 is 0. The fourth-order valence-electron chi connectivity index (χ4n) is 7.15. The van der Waals surface area contributed by atoms with Crippen molar-refractivity contribution in [3.8, 4) is 0 Å². The Morgan fingerprint density at radius 3 is 2.57 bits per heavy atom. The Balaban J connectivity index is 1.49. The van der Waals surface area contributed by atoms with Gasteiger partial charge in [-0.05, 0) is 43.3 Å². The molecule has 4 unspecified atom stereocenters. The zero-order valence-electron chi connectivity index (χ0n) is 17.0. The Kier molecular flexibility index (Phi) is 3.99. The van der Waals surface area contributed by atoms with Gasteiger partial charge in [-0.25, -0.2) is 0 Å². The van der Waals surface area contributed by atoms with Gasteiger partial charge in [-0.15, -0.1) is 0 Å². The van der Waals surface area contributed by atoms with E-state index in [1.165, 1.54) is 6.92 Å². The average molecular weight is 386 g/mol. The summed E-state index contributed by atoms with van der Waals surface area (Å²) in [5, 5.41) is 0. The van der Waals surface area contributed by atoms with E-state index in [2.05, 4.69) is 19.9 Å². The summed E-state index contributed by atoms with van der Waals surface area (Å²) in [4.78, 5) is 24.7. The van der Waals surface area contributed by atoms with Gasteiger partial charge in [-0.1, -0.05) is 25.5 Å². The molecule has 0 aromatic rings. The van der Waals surface area contributed by atoms with Gasteiger partial charge in [0.15, 0.2) is 11.6 Å². The molecule has 6 atom stereocenters. The normalized spacial score (nSPS) is 46.0. The van der Waals surface area contributed by atoms with Gasteiger partial charge in [0.25, 0.3) is 0 Å². The van der Waals surface area contributed by atoms with Crippen LogP contribution < -0.4 is 0 Å². The molecule has 0 radical (unpaired) electrons. The van der Waals surface area contributed by atoms with Gasteiger partial charge in [0, 0.05) is 36.5 Å². The van der Waals surface area contributed by atoms with E-state index in [0.717, 1.165) is 31.3 Å². The smallest absolute Gasteiger partial charge is 0.303 e. The highest BCUT2D eigenvalue weighted by atomic mass is 16.7. The number of allylic oxidation sites excluding steroid dienone is 2. The number of ether oxygens (including phenoxy) is 3. The van der Waals surface area contributed by atoms with Gasteiger partial charge in [-0.2, -0.15) is 0 Å². The maximum Gasteiger partial charge on any atom is 0.303 e. The summed E-state index contributed by atoms with van der Waals surface area (Å²) in [7, 11) is 0. The van der Waals surface area contributed by atoms with Gasteiger partial charge in [-0.3, -0.25) is 9.59 Å². The molecule has 152 valence electrons. The third kappa shape index (κ3) is 2.32. The first kappa shape index (κ1) is 18.6. The molecule has 5 heteroatoms. The molecule has 3 fully saturated rings. The van der Waals surface area contributed by atoms with Crippen molar-refractivity contribution in [2.24, 2.45) is 28.6 Å². The predicted octanol–water partition coefficient (Wildman–Crippen LogP) is 3.58. The van der Waals surface area contributed by atoms with Crippen LogP contribution in [-0.4, -0.2) is 36.9 Å². The summed E-state index contributed by atoms with van der Waals surface area (Å²) < 4.78 is 17.7. The Hall–Kier alpha value is -1.46. The van der Waals surface area contributed by atoms with Gasteiger partial charge in [0.05, 0.1) is 13.2 Å². The van der Waals surface area contributed by atoms with Crippen LogP contribution in [0.1, 0.15) is 52.9 Å². The zero-order chi connectivity index (χ0) is 19.7. The number of carbonyl (C=O) groups excluding carboxylic acids is 2. The molecule has 5 nitrogen and oxygen atoms in total. The molecular formula is C23H30O5. The fraction of sp³-hybridized carbons (Fsp3) is 0.739. The summed E-state index contributed by atoms with van der Waals surface area (Å²) in [6.07, 6.45) is 10.4. The third-order valence-corrected chi connectivity index (χ3v) is 8.57. The van der Waals surface area contributed by atoms with Crippen molar-refractivity contribution in [1.29, 1.82) is 0 Å². The molecule has 5 rings (SSSR count). The quantitative estimate of drug-likeness (QED) is 0.509. The van der Waals surface area contributed by atoms with Crippen molar-refractivity contribution in [2.45, 2.75) is 64.8 Å². The van der Waals surface area contributed by atoms with Crippen LogP contribution in [0.25, 0.3) is 0 Å². The van der Waals surface area contributed by atoms with Gasteiger partial charge in [0.2, 0.25) is 0 Å². The van der Waals surface area contributed by atoms with E-state index in [9.17, 15) is 9.59 Å². The van der Waals surface area contributed by atoms with E-state index in [0.29, 0.717) is 31.5 Å². The molecule has 1 spiro atoms. The summed E-state index contributed by atoms with van der Waals surface area (Å²) in [5.74, 6) is 0.0988. The molecule has 0 N–H and O–H groups in total. The molecule has 4 aliphatic carbocycles. The van der Waals surface area contributed by atoms with Crippen molar-refractivity contribution in [3.05, 3.63) is 23.8 Å². The molecule has 1 saturated heterocycles. The van der Waals surface area contributed by atoms with Crippen LogP contribution in [0.4, 0.5) is 0 Å². The first-order valence-electron chi connectivity index (χ1n) is 10.7. The highest BCUT2D eigenvalue weighted by Gasteiger charge is 2.67. The van der Waals surface area contributed by atoms with E-state index in [1.54, 1.807) is 0 Å². The largest absolute Gasteiger partial charge is 0.458 e. The predicted molar refractivity (Wildman–Crippen MR) is 102 cm³/mol.